The molecule has 0 radical (unpaired) electrons. The van der Waals surface area contributed by atoms with Crippen LogP contribution in [0, 0.1) is 0 Å². The summed E-state index contributed by atoms with van der Waals surface area (Å²) >= 11 is 0. The average Bonchev–Trinajstić information content (AvgIpc) is 1.73. The van der Waals surface area contributed by atoms with Crippen LogP contribution in [-0.2, 0) is 50.0 Å². The van der Waals surface area contributed by atoms with Crippen LogP contribution in [-0.4, -0.2) is 115 Å². The average molecular weight is 1230 g/mol. The smallest absolute Gasteiger partial charge is 0.260 e. The topological polar surface area (TPSA) is 281 Å². The van der Waals surface area contributed by atoms with E-state index in [2.05, 4.69) is 45.7 Å². The van der Waals surface area contributed by atoms with Crippen molar-refractivity contribution in [2.24, 2.45) is 5.73 Å². The molecule has 5 aromatic rings. The fourth-order valence-electron chi connectivity index (χ4n) is 10.5. The van der Waals surface area contributed by atoms with Gasteiger partial charge in [0.15, 0.2) is 23.0 Å². The lowest BCUT2D eigenvalue weighted by molar-refractivity contribution is -0.128. The number of nitrogens with two attached hydrogens (primary N) is 1. The molecule has 0 saturated heterocycles. The predicted molar refractivity (Wildman–Crippen MR) is 340 cm³/mol. The molecule has 0 aromatic heterocycles. The van der Waals surface area contributed by atoms with E-state index in [1.54, 1.807) is 62.9 Å². The molecule has 3 unspecified atom stereocenters. The molecule has 9 N–H and O–H groups in total. The number of fused-ring (bicyclic) bond motifs is 8. The van der Waals surface area contributed by atoms with Crippen LogP contribution in [0.1, 0.15) is 123 Å². The highest BCUT2D eigenvalue weighted by molar-refractivity contribution is 8.77. The monoisotopic (exact) mass is 1230 g/mol. The molecule has 0 aliphatic carbocycles. The maximum atomic E-state index is 14.2. The summed E-state index contributed by atoms with van der Waals surface area (Å²) in [4.78, 5) is 94.3. The molecule has 0 spiro atoms. The van der Waals surface area contributed by atoms with Crippen molar-refractivity contribution in [3.63, 3.8) is 0 Å². The molecule has 0 bridgehead atoms. The molecule has 0 fully saturated rings. The van der Waals surface area contributed by atoms with Crippen LogP contribution in [0.5, 0.6) is 23.0 Å². The minimum atomic E-state index is -1.10. The van der Waals surface area contributed by atoms with Gasteiger partial charge in [-0.05, 0) is 104 Å². The normalized spacial score (nSPS) is 16.4. The summed E-state index contributed by atoms with van der Waals surface area (Å²) in [5.74, 6) is -1.76. The Hall–Kier alpha value is -8.15. The molecule has 7 amide bonds. The van der Waals surface area contributed by atoms with E-state index in [9.17, 15) is 38.7 Å². The maximum Gasteiger partial charge on any atom is 0.260 e. The second kappa shape index (κ2) is 30.0. The Labute approximate surface area is 515 Å². The summed E-state index contributed by atoms with van der Waals surface area (Å²) in [5, 5.41) is 28.5. The first-order valence-corrected chi connectivity index (χ1v) is 31.6. The lowest BCUT2D eigenvalue weighted by Crippen LogP contribution is -2.45. The number of anilines is 5. The molecule has 87 heavy (non-hydrogen) atoms. The second-order valence-electron chi connectivity index (χ2n) is 22.4. The standard InChI is InChI=1S/C59H67N9O12S2.C5H12/c1-33(14-15-51(60)69)81-82-59(2,3)17-16-52(70)62-28-53(71)63-29-54(72)64-30-55(73)65-38-19-34(31-79-49-25-42-40(23-47(49)77-4)57(75)67-39(27-61-42)21-36-10-6-8-12-44(36)67)18-35(20-38)32-80-50-26-43-41(24-48(50)78-5)58(76)68-45-13-9-7-11-37(45)22-46(68)56(74)66-43;1-3-5-4-2/h6-13,18-20,23-26,33,39,46,56,61,66,74H,14-17,21-22,27-32H2,1-5H3,(H2,60,69)(H,62,70)(H,63,71)(H,64,72)(H,65,73);3-5H2,1-2H3/t33?,39?,46?,56-;/m1./s1. The minimum absolute atomic E-state index is 0.0396. The number of aliphatic hydroxyl groups excluding tert-OH is 1. The number of carbonyl (C=O) groups excluding carboxylic acids is 7. The number of amides is 7. The zero-order valence-corrected chi connectivity index (χ0v) is 51.9. The Balaban J connectivity index is 0.00000189. The first kappa shape index (κ1) is 64.8. The molecule has 5 aromatic carbocycles. The molecule has 4 heterocycles. The van der Waals surface area contributed by atoms with E-state index in [1.165, 1.54) is 33.5 Å². The molecule has 464 valence electrons. The van der Waals surface area contributed by atoms with Crippen molar-refractivity contribution in [3.8, 4) is 23.0 Å². The van der Waals surface area contributed by atoms with Crippen LogP contribution in [0.3, 0.4) is 0 Å². The van der Waals surface area contributed by atoms with E-state index < -0.39 is 43.1 Å². The largest absolute Gasteiger partial charge is 0.493 e. The number of nitrogens with one attached hydrogen (secondary N) is 6. The van der Waals surface area contributed by atoms with Crippen molar-refractivity contribution in [1.29, 1.82) is 0 Å². The van der Waals surface area contributed by atoms with Gasteiger partial charge in [-0.2, -0.15) is 0 Å². The van der Waals surface area contributed by atoms with Crippen LogP contribution in [0.2, 0.25) is 0 Å². The Bertz CT molecular complexity index is 3340. The Kier molecular flexibility index (Phi) is 22.3. The van der Waals surface area contributed by atoms with Gasteiger partial charge in [0.25, 0.3) is 11.8 Å². The third-order valence-electron chi connectivity index (χ3n) is 15.1. The molecule has 4 atom stereocenters. The van der Waals surface area contributed by atoms with Crippen LogP contribution >= 0.6 is 21.6 Å². The van der Waals surface area contributed by atoms with Gasteiger partial charge < -0.3 is 71.5 Å². The van der Waals surface area contributed by atoms with E-state index in [4.69, 9.17) is 24.7 Å². The quantitative estimate of drug-likeness (QED) is 0.0242. The van der Waals surface area contributed by atoms with Crippen molar-refractivity contribution >= 4 is 91.4 Å². The highest BCUT2D eigenvalue weighted by atomic mass is 33.1. The van der Waals surface area contributed by atoms with Crippen molar-refractivity contribution in [3.05, 3.63) is 124 Å². The Morgan fingerprint density at radius 3 is 1.83 bits per heavy atom. The van der Waals surface area contributed by atoms with Gasteiger partial charge in [0.05, 0.1) is 68.4 Å². The number of methoxy groups -OCH3 is 2. The number of nitrogens with zero attached hydrogens (tertiary/aromatic N) is 2. The van der Waals surface area contributed by atoms with Gasteiger partial charge in [0.2, 0.25) is 29.5 Å². The fraction of sp³-hybridized carbons (Fsp3) is 0.422. The number of rotatable bonds is 26. The van der Waals surface area contributed by atoms with Crippen molar-refractivity contribution < 1.29 is 57.6 Å². The fourth-order valence-corrected chi connectivity index (χ4v) is 13.2. The minimum Gasteiger partial charge on any atom is -0.493 e. The van der Waals surface area contributed by atoms with Crippen LogP contribution in [0.25, 0.3) is 0 Å². The van der Waals surface area contributed by atoms with Crippen LogP contribution in [0.15, 0.2) is 91.0 Å². The van der Waals surface area contributed by atoms with Gasteiger partial charge in [0, 0.05) is 58.6 Å². The number of unbranched alkanes of at least 4 members (excludes halogenated alkanes) is 2. The number of benzene rings is 5. The van der Waals surface area contributed by atoms with Gasteiger partial charge in [-0.15, -0.1) is 0 Å². The number of aliphatic hydroxyl groups is 1. The van der Waals surface area contributed by atoms with E-state index in [0.717, 1.165) is 22.5 Å². The summed E-state index contributed by atoms with van der Waals surface area (Å²) in [6.07, 6.45) is 5.84. The first-order valence-electron chi connectivity index (χ1n) is 29.3. The summed E-state index contributed by atoms with van der Waals surface area (Å²) in [6, 6.07) is 26.6. The van der Waals surface area contributed by atoms with Gasteiger partial charge >= 0.3 is 0 Å². The highest BCUT2D eigenvalue weighted by Crippen LogP contribution is 2.45. The number of hydrogen-bond donors (Lipinski definition) is 8. The number of para-hydroxylation sites is 2. The lowest BCUT2D eigenvalue weighted by atomic mass is 10.1. The van der Waals surface area contributed by atoms with Crippen LogP contribution < -0.4 is 66.4 Å². The van der Waals surface area contributed by atoms with Crippen LogP contribution in [0.4, 0.5) is 28.4 Å². The summed E-state index contributed by atoms with van der Waals surface area (Å²) in [6.45, 7) is 9.62. The van der Waals surface area contributed by atoms with Crippen molar-refractivity contribution in [1.82, 2.24) is 16.0 Å². The van der Waals surface area contributed by atoms with E-state index in [1.807, 2.05) is 80.3 Å². The van der Waals surface area contributed by atoms with Gasteiger partial charge in [-0.3, -0.25) is 33.6 Å². The predicted octanol–water partition coefficient (Wildman–Crippen LogP) is 8.25. The molecule has 0 saturated carbocycles. The van der Waals surface area contributed by atoms with E-state index in [0.29, 0.717) is 83.9 Å². The van der Waals surface area contributed by atoms with Gasteiger partial charge in [-0.1, -0.05) is 98.0 Å². The number of carbonyl (C=O) groups is 7. The third-order valence-corrected chi connectivity index (χ3v) is 19.1. The number of hydrogen-bond acceptors (Lipinski definition) is 16. The highest BCUT2D eigenvalue weighted by Gasteiger charge is 2.43. The molecular formula is C64H79N9O12S2. The van der Waals surface area contributed by atoms with Gasteiger partial charge in [-0.25, -0.2) is 0 Å². The van der Waals surface area contributed by atoms with Gasteiger partial charge in [0.1, 0.15) is 19.4 Å². The maximum absolute atomic E-state index is 14.2. The zero-order chi connectivity index (χ0) is 62.4. The molecule has 4 aliphatic heterocycles. The second-order valence-corrected chi connectivity index (χ2v) is 25.8. The summed E-state index contributed by atoms with van der Waals surface area (Å²) < 4.78 is 24.1. The Morgan fingerprint density at radius 2 is 1.24 bits per heavy atom. The van der Waals surface area contributed by atoms with E-state index >= 15 is 0 Å². The summed E-state index contributed by atoms with van der Waals surface area (Å²) in [5.41, 5.74) is 12.1. The molecule has 23 heteroatoms. The molecular weight excluding hydrogens is 1150 g/mol. The van der Waals surface area contributed by atoms with E-state index in [-0.39, 0.29) is 82.9 Å². The van der Waals surface area contributed by atoms with Crippen molar-refractivity contribution in [2.45, 2.75) is 134 Å². The SMILES string of the molecule is CCCCC.COc1cc2c(cc1OCc1cc(COc3cc4c(cc3OC)C(=O)N3c5ccccc5CC3[C@@H](O)N4)cc(NC(=O)CNC(=O)CNC(=O)CNC(=O)CCC(C)(C)SSC(C)CCC(N)=O)c1)NCC1Cc3ccccc3N1C2=O. The third kappa shape index (κ3) is 16.9. The first-order chi connectivity index (χ1) is 41.8. The number of ether oxygens (including phenoxy) is 4. The summed E-state index contributed by atoms with van der Waals surface area (Å²) in [7, 11) is 6.21. The molecule has 4 aliphatic rings. The number of primary amides is 1. The molecule has 21 nitrogen and oxygen atoms in total. The van der Waals surface area contributed by atoms with Crippen molar-refractivity contribution in [2.75, 3.05) is 66.1 Å². The zero-order valence-electron chi connectivity index (χ0n) is 50.3. The Morgan fingerprint density at radius 1 is 0.701 bits per heavy atom. The molecule has 9 rings (SSSR count). The lowest BCUT2D eigenvalue weighted by Gasteiger charge is -2.26.